The lowest BCUT2D eigenvalue weighted by Crippen LogP contribution is -2.53. The number of hydrogen-bond acceptors (Lipinski definition) is 4. The van der Waals surface area contributed by atoms with Gasteiger partial charge in [0.25, 0.3) is 10.0 Å². The maximum absolute atomic E-state index is 14.5. The normalized spacial score (nSPS) is 11.9. The minimum atomic E-state index is -4.13. The third-order valence-corrected chi connectivity index (χ3v) is 9.50. The van der Waals surface area contributed by atoms with Crippen LogP contribution in [-0.2, 0) is 32.6 Å². The molecule has 4 aromatic rings. The number of sulfonamides is 1. The van der Waals surface area contributed by atoms with E-state index in [1.807, 2.05) is 81.4 Å². The fourth-order valence-corrected chi connectivity index (χ4v) is 6.62. The average Bonchev–Trinajstić information content (AvgIpc) is 3.02. The minimum absolute atomic E-state index is 0.0887. The molecule has 0 spiro atoms. The van der Waals surface area contributed by atoms with E-state index in [1.165, 1.54) is 4.90 Å². The molecule has 0 radical (unpaired) electrons. The number of hydrogen-bond donors (Lipinski definition) is 1. The maximum Gasteiger partial charge on any atom is 0.264 e. The van der Waals surface area contributed by atoms with Gasteiger partial charge in [-0.05, 0) is 68.1 Å². The van der Waals surface area contributed by atoms with Gasteiger partial charge < -0.3 is 10.2 Å². The maximum atomic E-state index is 14.5. The molecule has 4 rings (SSSR count). The molecule has 0 bridgehead atoms. The SMILES string of the molecule is CCCCNC(=O)C(Cc1ccccc1)N(Cc1cccc(C)c1)C(=O)CN(c1cccc(C)c1)S(=O)(=O)c1ccc(C)cc1. The van der Waals surface area contributed by atoms with Gasteiger partial charge in [-0.2, -0.15) is 0 Å². The largest absolute Gasteiger partial charge is 0.354 e. The molecule has 4 aromatic carbocycles. The van der Waals surface area contributed by atoms with Crippen LogP contribution in [0.2, 0.25) is 0 Å². The fourth-order valence-electron chi connectivity index (χ4n) is 5.22. The summed E-state index contributed by atoms with van der Waals surface area (Å²) < 4.78 is 29.5. The highest BCUT2D eigenvalue weighted by Gasteiger charge is 2.34. The first-order chi connectivity index (χ1) is 21.6. The van der Waals surface area contributed by atoms with Gasteiger partial charge >= 0.3 is 0 Å². The first-order valence-electron chi connectivity index (χ1n) is 15.4. The molecular weight excluding hydrogens is 582 g/mol. The zero-order valence-electron chi connectivity index (χ0n) is 26.6. The van der Waals surface area contributed by atoms with Crippen molar-refractivity contribution >= 4 is 27.5 Å². The predicted molar refractivity (Wildman–Crippen MR) is 180 cm³/mol. The lowest BCUT2D eigenvalue weighted by molar-refractivity contribution is -0.140. The number of amides is 2. The molecule has 1 atom stereocenters. The number of carbonyl (C=O) groups excluding carboxylic acids is 2. The zero-order valence-corrected chi connectivity index (χ0v) is 27.4. The molecule has 0 fully saturated rings. The molecule has 0 aromatic heterocycles. The van der Waals surface area contributed by atoms with Crippen LogP contribution in [0, 0.1) is 20.8 Å². The van der Waals surface area contributed by atoms with E-state index in [0.29, 0.717) is 12.2 Å². The van der Waals surface area contributed by atoms with Crippen LogP contribution in [0.5, 0.6) is 0 Å². The van der Waals surface area contributed by atoms with Gasteiger partial charge in [0.15, 0.2) is 0 Å². The zero-order chi connectivity index (χ0) is 32.4. The van der Waals surface area contributed by atoms with E-state index < -0.39 is 28.5 Å². The number of anilines is 1. The van der Waals surface area contributed by atoms with Crippen LogP contribution in [0.25, 0.3) is 0 Å². The van der Waals surface area contributed by atoms with Crippen LogP contribution >= 0.6 is 0 Å². The standard InChI is InChI=1S/C37H43N3O4S/c1-5-6-22-38-37(42)35(25-31-14-8-7-9-15-31)39(26-32-16-10-12-29(3)23-32)36(41)27-40(33-17-11-13-30(4)24-33)45(43,44)34-20-18-28(2)19-21-34/h7-21,23-24,35H,5-6,22,25-27H2,1-4H3,(H,38,42). The van der Waals surface area contributed by atoms with E-state index in [1.54, 1.807) is 42.5 Å². The van der Waals surface area contributed by atoms with E-state index in [4.69, 9.17) is 0 Å². The first-order valence-corrected chi connectivity index (χ1v) is 16.8. The summed E-state index contributed by atoms with van der Waals surface area (Å²) in [7, 11) is -4.13. The summed E-state index contributed by atoms with van der Waals surface area (Å²) in [6.07, 6.45) is 2.01. The Balaban J connectivity index is 1.79. The molecule has 1 unspecified atom stereocenters. The molecule has 0 saturated carbocycles. The van der Waals surface area contributed by atoms with E-state index in [-0.39, 0.29) is 23.8 Å². The summed E-state index contributed by atoms with van der Waals surface area (Å²) in [5.74, 6) is -0.739. The minimum Gasteiger partial charge on any atom is -0.354 e. The van der Waals surface area contributed by atoms with Crippen molar-refractivity contribution < 1.29 is 18.0 Å². The van der Waals surface area contributed by atoms with Gasteiger partial charge in [-0.1, -0.05) is 103 Å². The molecule has 2 amide bonds. The Kier molecular flexibility index (Phi) is 11.5. The topological polar surface area (TPSA) is 86.8 Å². The summed E-state index contributed by atoms with van der Waals surface area (Å²) in [6, 6.07) is 30.2. The van der Waals surface area contributed by atoms with E-state index >= 15 is 0 Å². The molecule has 8 heteroatoms. The van der Waals surface area contributed by atoms with Crippen LogP contribution < -0.4 is 9.62 Å². The number of carbonyl (C=O) groups is 2. The highest BCUT2D eigenvalue weighted by Crippen LogP contribution is 2.26. The number of nitrogens with one attached hydrogen (secondary N) is 1. The third kappa shape index (κ3) is 9.05. The Bertz CT molecular complexity index is 1690. The average molecular weight is 626 g/mol. The van der Waals surface area contributed by atoms with Crippen LogP contribution in [-0.4, -0.2) is 44.3 Å². The molecule has 0 heterocycles. The number of nitrogens with zero attached hydrogens (tertiary/aromatic N) is 2. The Morgan fingerprint density at radius 1 is 0.756 bits per heavy atom. The predicted octanol–water partition coefficient (Wildman–Crippen LogP) is 6.36. The van der Waals surface area contributed by atoms with Gasteiger partial charge in [0.05, 0.1) is 10.6 Å². The molecule has 7 nitrogen and oxygen atoms in total. The molecular formula is C37H43N3O4S. The molecule has 0 aliphatic rings. The van der Waals surface area contributed by atoms with Gasteiger partial charge in [0.1, 0.15) is 12.6 Å². The van der Waals surface area contributed by atoms with Crippen molar-refractivity contribution in [3.05, 3.63) is 131 Å². The Hall–Kier alpha value is -4.43. The summed E-state index contributed by atoms with van der Waals surface area (Å²) in [6.45, 7) is 7.95. The van der Waals surface area contributed by atoms with Crippen LogP contribution in [0.15, 0.2) is 108 Å². The van der Waals surface area contributed by atoms with Crippen LogP contribution in [0.1, 0.15) is 47.6 Å². The highest BCUT2D eigenvalue weighted by atomic mass is 32.2. The fraction of sp³-hybridized carbons (Fsp3) is 0.297. The second-order valence-corrected chi connectivity index (χ2v) is 13.4. The molecule has 0 aliphatic carbocycles. The van der Waals surface area contributed by atoms with Crippen molar-refractivity contribution in [1.82, 2.24) is 10.2 Å². The van der Waals surface area contributed by atoms with Crippen molar-refractivity contribution in [2.24, 2.45) is 0 Å². The van der Waals surface area contributed by atoms with Gasteiger partial charge in [0, 0.05) is 19.5 Å². The number of unbranched alkanes of at least 4 members (excludes halogenated alkanes) is 1. The number of benzene rings is 4. The van der Waals surface area contributed by atoms with E-state index in [9.17, 15) is 18.0 Å². The highest BCUT2D eigenvalue weighted by molar-refractivity contribution is 7.92. The first kappa shape index (κ1) is 33.5. The Morgan fingerprint density at radius 3 is 2.04 bits per heavy atom. The van der Waals surface area contributed by atoms with Gasteiger partial charge in [-0.25, -0.2) is 8.42 Å². The van der Waals surface area contributed by atoms with Gasteiger partial charge in [0.2, 0.25) is 11.8 Å². The van der Waals surface area contributed by atoms with Crippen molar-refractivity contribution in [2.45, 2.75) is 64.4 Å². The number of rotatable bonds is 14. The van der Waals surface area contributed by atoms with Crippen LogP contribution in [0.3, 0.4) is 0 Å². The van der Waals surface area contributed by atoms with Gasteiger partial charge in [-0.3, -0.25) is 13.9 Å². The summed E-state index contributed by atoms with van der Waals surface area (Å²) in [4.78, 5) is 30.0. The summed E-state index contributed by atoms with van der Waals surface area (Å²) >= 11 is 0. The monoisotopic (exact) mass is 625 g/mol. The summed E-state index contributed by atoms with van der Waals surface area (Å²) in [5.41, 5.74) is 4.94. The smallest absolute Gasteiger partial charge is 0.264 e. The second-order valence-electron chi connectivity index (χ2n) is 11.5. The van der Waals surface area contributed by atoms with Crippen molar-refractivity contribution in [3.63, 3.8) is 0 Å². The lowest BCUT2D eigenvalue weighted by atomic mass is 10.0. The number of aryl methyl sites for hydroxylation is 3. The van der Waals surface area contributed by atoms with E-state index in [2.05, 4.69) is 12.2 Å². The summed E-state index contributed by atoms with van der Waals surface area (Å²) in [5, 5.41) is 3.03. The molecule has 236 valence electrons. The molecule has 0 saturated heterocycles. The molecule has 45 heavy (non-hydrogen) atoms. The van der Waals surface area contributed by atoms with E-state index in [0.717, 1.165) is 45.0 Å². The van der Waals surface area contributed by atoms with Crippen molar-refractivity contribution in [1.29, 1.82) is 0 Å². The van der Waals surface area contributed by atoms with Crippen LogP contribution in [0.4, 0.5) is 5.69 Å². The second kappa shape index (κ2) is 15.5. The third-order valence-electron chi connectivity index (χ3n) is 7.71. The Morgan fingerprint density at radius 2 is 1.40 bits per heavy atom. The molecule has 0 aliphatic heterocycles. The van der Waals surface area contributed by atoms with Crippen molar-refractivity contribution in [3.8, 4) is 0 Å². The molecule has 1 N–H and O–H groups in total. The Labute approximate surface area is 268 Å². The lowest BCUT2D eigenvalue weighted by Gasteiger charge is -2.34. The quantitative estimate of drug-likeness (QED) is 0.165. The van der Waals surface area contributed by atoms with Crippen molar-refractivity contribution in [2.75, 3.05) is 17.4 Å². The van der Waals surface area contributed by atoms with Gasteiger partial charge in [-0.15, -0.1) is 0 Å².